The average Bonchev–Trinajstić information content (AvgIpc) is 2.55. The molecule has 9 nitrogen and oxygen atoms in total. The second kappa shape index (κ2) is 6.67. The summed E-state index contributed by atoms with van der Waals surface area (Å²) in [7, 11) is 2.05. The number of aromatic nitrogens is 2. The van der Waals surface area contributed by atoms with Crippen LogP contribution in [0.4, 0.5) is 29.0 Å². The van der Waals surface area contributed by atoms with Crippen LogP contribution in [0.1, 0.15) is 0 Å². The van der Waals surface area contributed by atoms with Crippen molar-refractivity contribution in [2.45, 2.75) is 0 Å². The molecule has 0 aliphatic carbocycles. The third-order valence-electron chi connectivity index (χ3n) is 3.90. The molecule has 126 valence electrons. The maximum absolute atomic E-state index is 11.3. The lowest BCUT2D eigenvalue weighted by Crippen LogP contribution is -2.45. The Morgan fingerprint density at radius 2 is 1.83 bits per heavy atom. The molecule has 2 heterocycles. The van der Waals surface area contributed by atoms with E-state index in [4.69, 9.17) is 5.73 Å². The summed E-state index contributed by atoms with van der Waals surface area (Å²) in [6.45, 7) is 3.25. The number of para-hydroxylation sites is 1. The quantitative estimate of drug-likeness (QED) is 0.640. The highest BCUT2D eigenvalue weighted by molar-refractivity contribution is 5.74. The summed E-state index contributed by atoms with van der Waals surface area (Å²) in [6.07, 6.45) is 0. The average molecular weight is 329 g/mol. The summed E-state index contributed by atoms with van der Waals surface area (Å²) in [5.74, 6) is 0.375. The molecule has 0 bridgehead atoms. The third-order valence-corrected chi connectivity index (χ3v) is 3.90. The second-order valence-corrected chi connectivity index (χ2v) is 5.64. The molecule has 0 atom stereocenters. The molecule has 1 aliphatic heterocycles. The molecule has 1 saturated heterocycles. The molecule has 0 saturated carbocycles. The number of nitrogens with one attached hydrogen (secondary N) is 1. The second-order valence-electron chi connectivity index (χ2n) is 5.64. The van der Waals surface area contributed by atoms with Crippen LogP contribution in [0.25, 0.3) is 0 Å². The Hall–Kier alpha value is -2.94. The van der Waals surface area contributed by atoms with Crippen molar-refractivity contribution in [2.75, 3.05) is 49.2 Å². The highest BCUT2D eigenvalue weighted by atomic mass is 16.6. The number of nitrogens with two attached hydrogens (primary N) is 1. The van der Waals surface area contributed by atoms with Gasteiger partial charge < -0.3 is 20.9 Å². The van der Waals surface area contributed by atoms with Gasteiger partial charge in [0.15, 0.2) is 0 Å². The molecular formula is C15H19N7O2. The fraction of sp³-hybridized carbons (Fsp3) is 0.333. The van der Waals surface area contributed by atoms with Gasteiger partial charge in [0, 0.05) is 31.9 Å². The number of nitro groups is 1. The smallest absolute Gasteiger partial charge is 0.353 e. The number of piperazine rings is 1. The van der Waals surface area contributed by atoms with Gasteiger partial charge in [0.05, 0.1) is 4.92 Å². The monoisotopic (exact) mass is 329 g/mol. The molecule has 2 aromatic rings. The first-order chi connectivity index (χ1) is 11.5. The standard InChI is InChI=1S/C15H19N7O2/c1-20-7-9-21(10-8-20)15-18-13(16)12(22(23)24)14(19-15)17-11-5-3-2-4-6-11/h2-6H,7-10H2,1H3,(H3,16,17,18,19). The molecule has 1 fully saturated rings. The van der Waals surface area contributed by atoms with E-state index >= 15 is 0 Å². The van der Waals surface area contributed by atoms with Crippen molar-refractivity contribution in [2.24, 2.45) is 0 Å². The first-order valence-electron chi connectivity index (χ1n) is 7.62. The number of likely N-dealkylation sites (N-methyl/N-ethyl adjacent to an activating group) is 1. The minimum Gasteiger partial charge on any atom is -0.378 e. The third kappa shape index (κ3) is 3.35. The van der Waals surface area contributed by atoms with Gasteiger partial charge in [-0.2, -0.15) is 9.97 Å². The van der Waals surface area contributed by atoms with Crippen molar-refractivity contribution in [3.63, 3.8) is 0 Å². The van der Waals surface area contributed by atoms with Crippen LogP contribution in [-0.4, -0.2) is 53.0 Å². The molecule has 0 radical (unpaired) electrons. The number of hydrogen-bond acceptors (Lipinski definition) is 8. The summed E-state index contributed by atoms with van der Waals surface area (Å²) in [5, 5.41) is 14.3. The van der Waals surface area contributed by atoms with Crippen LogP contribution in [-0.2, 0) is 0 Å². The number of benzene rings is 1. The van der Waals surface area contributed by atoms with Crippen LogP contribution >= 0.6 is 0 Å². The Labute approximate surface area is 139 Å². The predicted molar refractivity (Wildman–Crippen MR) is 92.5 cm³/mol. The van der Waals surface area contributed by atoms with Crippen molar-refractivity contribution in [3.05, 3.63) is 40.4 Å². The van der Waals surface area contributed by atoms with Crippen LogP contribution in [0.5, 0.6) is 0 Å². The summed E-state index contributed by atoms with van der Waals surface area (Å²) >= 11 is 0. The summed E-state index contributed by atoms with van der Waals surface area (Å²) < 4.78 is 0. The van der Waals surface area contributed by atoms with Crippen LogP contribution in [0.2, 0.25) is 0 Å². The van der Waals surface area contributed by atoms with Gasteiger partial charge in [-0.05, 0) is 19.2 Å². The van der Waals surface area contributed by atoms with Crippen molar-refractivity contribution >= 4 is 29.0 Å². The molecule has 0 amide bonds. The normalized spacial score (nSPS) is 15.3. The highest BCUT2D eigenvalue weighted by Crippen LogP contribution is 2.32. The Morgan fingerprint density at radius 3 is 2.46 bits per heavy atom. The zero-order chi connectivity index (χ0) is 17.1. The summed E-state index contributed by atoms with van der Waals surface area (Å²) in [6, 6.07) is 9.14. The van der Waals surface area contributed by atoms with Gasteiger partial charge in [-0.25, -0.2) is 0 Å². The summed E-state index contributed by atoms with van der Waals surface area (Å²) in [5.41, 5.74) is 6.23. The number of hydrogen-bond donors (Lipinski definition) is 2. The molecule has 9 heteroatoms. The van der Waals surface area contributed by atoms with Gasteiger partial charge in [-0.3, -0.25) is 10.1 Å². The van der Waals surface area contributed by atoms with Crippen LogP contribution < -0.4 is 16.0 Å². The van der Waals surface area contributed by atoms with E-state index in [0.29, 0.717) is 11.6 Å². The number of nitrogens with zero attached hydrogens (tertiary/aromatic N) is 5. The summed E-state index contributed by atoms with van der Waals surface area (Å²) in [4.78, 5) is 23.5. The minimum absolute atomic E-state index is 0.104. The van der Waals surface area contributed by atoms with E-state index in [-0.39, 0.29) is 17.3 Å². The maximum Gasteiger partial charge on any atom is 0.353 e. The van der Waals surface area contributed by atoms with Gasteiger partial charge in [-0.15, -0.1) is 0 Å². The lowest BCUT2D eigenvalue weighted by atomic mass is 10.3. The first-order valence-corrected chi connectivity index (χ1v) is 7.62. The number of anilines is 4. The van der Waals surface area contributed by atoms with E-state index in [1.165, 1.54) is 0 Å². The first kappa shape index (κ1) is 15.9. The van der Waals surface area contributed by atoms with Crippen molar-refractivity contribution < 1.29 is 4.92 Å². The molecule has 3 rings (SSSR count). The molecule has 1 aliphatic rings. The fourth-order valence-corrected chi connectivity index (χ4v) is 2.53. The maximum atomic E-state index is 11.3. The molecule has 1 aromatic carbocycles. The molecular weight excluding hydrogens is 310 g/mol. The zero-order valence-electron chi connectivity index (χ0n) is 13.3. The number of rotatable bonds is 4. The molecule has 1 aromatic heterocycles. The van der Waals surface area contributed by atoms with E-state index < -0.39 is 4.92 Å². The van der Waals surface area contributed by atoms with Crippen molar-refractivity contribution in [1.82, 2.24) is 14.9 Å². The Morgan fingerprint density at radius 1 is 1.17 bits per heavy atom. The lowest BCUT2D eigenvalue weighted by molar-refractivity contribution is -0.383. The fourth-order valence-electron chi connectivity index (χ4n) is 2.53. The highest BCUT2D eigenvalue weighted by Gasteiger charge is 2.26. The Kier molecular flexibility index (Phi) is 4.43. The number of nitrogen functional groups attached to an aromatic ring is 1. The van der Waals surface area contributed by atoms with E-state index in [1.807, 2.05) is 30.1 Å². The van der Waals surface area contributed by atoms with E-state index in [1.54, 1.807) is 12.1 Å². The van der Waals surface area contributed by atoms with Crippen LogP contribution in [0.3, 0.4) is 0 Å². The molecule has 0 unspecified atom stereocenters. The predicted octanol–water partition coefficient (Wildman–Crippen LogP) is 1.46. The molecule has 3 N–H and O–H groups in total. The largest absolute Gasteiger partial charge is 0.378 e. The minimum atomic E-state index is -0.561. The van der Waals surface area contributed by atoms with Gasteiger partial charge in [-0.1, -0.05) is 18.2 Å². The van der Waals surface area contributed by atoms with Gasteiger partial charge >= 0.3 is 5.69 Å². The van der Waals surface area contributed by atoms with Crippen LogP contribution in [0, 0.1) is 10.1 Å². The zero-order valence-corrected chi connectivity index (χ0v) is 13.3. The topological polar surface area (TPSA) is 113 Å². The molecule has 0 spiro atoms. The SMILES string of the molecule is CN1CCN(c2nc(N)c([N+](=O)[O-])c(Nc3ccccc3)n2)CC1. The molecule has 24 heavy (non-hydrogen) atoms. The van der Waals surface area contributed by atoms with E-state index in [2.05, 4.69) is 20.2 Å². The van der Waals surface area contributed by atoms with Gasteiger partial charge in [0.25, 0.3) is 0 Å². The Bertz CT molecular complexity index is 730. The van der Waals surface area contributed by atoms with Crippen LogP contribution in [0.15, 0.2) is 30.3 Å². The van der Waals surface area contributed by atoms with Gasteiger partial charge in [0.2, 0.25) is 17.6 Å². The van der Waals surface area contributed by atoms with E-state index in [9.17, 15) is 10.1 Å². The van der Waals surface area contributed by atoms with Crippen molar-refractivity contribution in [1.29, 1.82) is 0 Å². The lowest BCUT2D eigenvalue weighted by Gasteiger charge is -2.32. The van der Waals surface area contributed by atoms with Crippen molar-refractivity contribution in [3.8, 4) is 0 Å². The van der Waals surface area contributed by atoms with E-state index in [0.717, 1.165) is 26.2 Å². The van der Waals surface area contributed by atoms with Gasteiger partial charge in [0.1, 0.15) is 0 Å². The Balaban J connectivity index is 1.96.